The van der Waals surface area contributed by atoms with E-state index in [2.05, 4.69) is 25.2 Å². The molecular weight excluding hydrogens is 650 g/mol. The van der Waals surface area contributed by atoms with E-state index in [1.165, 1.54) is 28.2 Å². The SMILES string of the molecule is CCOC(=O)COc1ccc2cc(C[N+]3(C)[C@@H]4CC[C@H]3C[C@H](OC(=O)C(O)(c3cccs3)c3cccs3)C4)ccc2c1.[Br-]. The van der Waals surface area contributed by atoms with Gasteiger partial charge in [-0.2, -0.15) is 0 Å². The zero-order valence-corrected chi connectivity index (χ0v) is 27.5. The van der Waals surface area contributed by atoms with E-state index in [1.807, 2.05) is 41.1 Å². The fourth-order valence-corrected chi connectivity index (χ4v) is 8.49. The van der Waals surface area contributed by atoms with Gasteiger partial charge in [0.05, 0.1) is 35.5 Å². The topological polar surface area (TPSA) is 82.1 Å². The normalized spacial score (nSPS) is 23.0. The van der Waals surface area contributed by atoms with Crippen LogP contribution in [-0.4, -0.2) is 60.0 Å². The number of esters is 2. The number of piperidine rings is 1. The second-order valence-electron chi connectivity index (χ2n) is 11.5. The average molecular weight is 687 g/mol. The molecule has 0 saturated carbocycles. The van der Waals surface area contributed by atoms with E-state index < -0.39 is 11.6 Å². The van der Waals surface area contributed by atoms with Gasteiger partial charge in [-0.05, 0) is 58.8 Å². The smallest absolute Gasteiger partial charge is 0.349 e. The molecule has 228 valence electrons. The van der Waals surface area contributed by atoms with Gasteiger partial charge in [0.2, 0.25) is 5.60 Å². The Kier molecular flexibility index (Phi) is 9.63. The Morgan fingerprint density at radius 1 is 0.953 bits per heavy atom. The molecule has 2 fully saturated rings. The molecule has 2 aliphatic heterocycles. The zero-order valence-electron chi connectivity index (χ0n) is 24.2. The summed E-state index contributed by atoms with van der Waals surface area (Å²) in [5.41, 5.74) is -0.506. The number of rotatable bonds is 10. The first-order chi connectivity index (χ1) is 20.3. The second-order valence-corrected chi connectivity index (χ2v) is 13.4. The van der Waals surface area contributed by atoms with Gasteiger partial charge in [-0.1, -0.05) is 30.3 Å². The summed E-state index contributed by atoms with van der Waals surface area (Å²) in [6.07, 6.45) is 3.57. The van der Waals surface area contributed by atoms with Crippen LogP contribution >= 0.6 is 22.7 Å². The van der Waals surface area contributed by atoms with Crippen LogP contribution in [0.5, 0.6) is 5.75 Å². The minimum Gasteiger partial charge on any atom is -1.00 e. The van der Waals surface area contributed by atoms with Crippen molar-refractivity contribution in [2.75, 3.05) is 20.3 Å². The van der Waals surface area contributed by atoms with Crippen molar-refractivity contribution >= 4 is 45.4 Å². The van der Waals surface area contributed by atoms with Crippen LogP contribution in [0.1, 0.15) is 47.9 Å². The van der Waals surface area contributed by atoms with Gasteiger partial charge >= 0.3 is 11.9 Å². The fraction of sp³-hybridized carbons (Fsp3) is 0.394. The number of hydrogen-bond acceptors (Lipinski definition) is 8. The Morgan fingerprint density at radius 2 is 1.58 bits per heavy atom. The van der Waals surface area contributed by atoms with E-state index in [-0.39, 0.29) is 35.7 Å². The van der Waals surface area contributed by atoms with Crippen molar-refractivity contribution in [3.8, 4) is 5.75 Å². The van der Waals surface area contributed by atoms with Gasteiger partial charge in [0.25, 0.3) is 0 Å². The predicted molar refractivity (Wildman–Crippen MR) is 164 cm³/mol. The number of carbonyl (C=O) groups excluding carboxylic acids is 2. The predicted octanol–water partition coefficient (Wildman–Crippen LogP) is 3.03. The molecule has 6 rings (SSSR count). The molecule has 0 radical (unpaired) electrons. The molecule has 7 nitrogen and oxygen atoms in total. The van der Waals surface area contributed by atoms with Crippen LogP contribution in [0.2, 0.25) is 0 Å². The van der Waals surface area contributed by atoms with E-state index in [1.54, 1.807) is 19.1 Å². The third-order valence-corrected chi connectivity index (χ3v) is 10.9. The van der Waals surface area contributed by atoms with Crippen molar-refractivity contribution in [3.05, 3.63) is 86.7 Å². The highest BCUT2D eigenvalue weighted by Crippen LogP contribution is 2.45. The molecule has 43 heavy (non-hydrogen) atoms. The number of carbonyl (C=O) groups is 2. The van der Waals surface area contributed by atoms with Gasteiger partial charge in [0.1, 0.15) is 18.4 Å². The highest BCUT2D eigenvalue weighted by molar-refractivity contribution is 7.12. The van der Waals surface area contributed by atoms with Gasteiger partial charge in [-0.25, -0.2) is 9.59 Å². The maximum atomic E-state index is 13.6. The Hall–Kier alpha value is -2.76. The first-order valence-corrected chi connectivity index (χ1v) is 16.2. The lowest BCUT2D eigenvalue weighted by atomic mass is 9.94. The molecule has 0 amide bonds. The molecule has 10 heteroatoms. The lowest BCUT2D eigenvalue weighted by Crippen LogP contribution is -3.00. The number of nitrogens with zero attached hydrogens (tertiary/aromatic N) is 1. The van der Waals surface area contributed by atoms with Crippen molar-refractivity contribution in [1.82, 2.24) is 0 Å². The molecule has 0 aliphatic carbocycles. The van der Waals surface area contributed by atoms with Gasteiger partial charge < -0.3 is 40.8 Å². The molecule has 4 atom stereocenters. The third kappa shape index (κ3) is 6.26. The van der Waals surface area contributed by atoms with E-state index in [0.717, 1.165) is 47.5 Å². The van der Waals surface area contributed by atoms with Crippen LogP contribution in [0.15, 0.2) is 71.4 Å². The van der Waals surface area contributed by atoms with Crippen molar-refractivity contribution in [2.24, 2.45) is 0 Å². The first kappa shape index (κ1) is 31.7. The van der Waals surface area contributed by atoms with Crippen LogP contribution in [0, 0.1) is 0 Å². The third-order valence-electron chi connectivity index (χ3n) is 8.96. The molecule has 1 N–H and O–H groups in total. The van der Waals surface area contributed by atoms with Crippen molar-refractivity contribution in [1.29, 1.82) is 0 Å². The van der Waals surface area contributed by atoms with E-state index in [4.69, 9.17) is 14.2 Å². The Balaban J connectivity index is 0.00000368. The van der Waals surface area contributed by atoms with Gasteiger partial charge in [0, 0.05) is 31.2 Å². The summed E-state index contributed by atoms with van der Waals surface area (Å²) in [4.78, 5) is 26.4. The Morgan fingerprint density at radius 3 is 2.19 bits per heavy atom. The molecule has 2 saturated heterocycles. The number of aliphatic hydroxyl groups is 1. The second kappa shape index (κ2) is 13.1. The van der Waals surface area contributed by atoms with Crippen molar-refractivity contribution < 1.29 is 50.4 Å². The van der Waals surface area contributed by atoms with Crippen LogP contribution in [-0.2, 0) is 31.2 Å². The molecule has 2 bridgehead atoms. The molecule has 2 aliphatic rings. The minimum atomic E-state index is -1.77. The number of halogens is 1. The largest absolute Gasteiger partial charge is 1.00 e. The van der Waals surface area contributed by atoms with Crippen LogP contribution in [0.25, 0.3) is 10.8 Å². The average Bonchev–Trinajstić information content (AvgIpc) is 3.74. The summed E-state index contributed by atoms with van der Waals surface area (Å²) in [5, 5.41) is 17.6. The van der Waals surface area contributed by atoms with Crippen molar-refractivity contribution in [3.63, 3.8) is 0 Å². The minimum absolute atomic E-state index is 0. The highest BCUT2D eigenvalue weighted by Gasteiger charge is 2.54. The summed E-state index contributed by atoms with van der Waals surface area (Å²) >= 11 is 2.73. The fourth-order valence-electron chi connectivity index (χ4n) is 6.78. The quantitative estimate of drug-likeness (QED) is 0.204. The molecule has 0 spiro atoms. The van der Waals surface area contributed by atoms with Crippen molar-refractivity contribution in [2.45, 2.75) is 62.9 Å². The summed E-state index contributed by atoms with van der Waals surface area (Å²) in [5.74, 6) is -0.311. The van der Waals surface area contributed by atoms with Gasteiger partial charge in [0.15, 0.2) is 6.61 Å². The van der Waals surface area contributed by atoms with Gasteiger partial charge in [-0.3, -0.25) is 0 Å². The first-order valence-electron chi connectivity index (χ1n) is 14.5. The number of hydrogen-bond donors (Lipinski definition) is 1. The molecular formula is C33H36BrNO6S2. The lowest BCUT2D eigenvalue weighted by molar-refractivity contribution is -0.961. The van der Waals surface area contributed by atoms with E-state index in [0.29, 0.717) is 34.2 Å². The highest BCUT2D eigenvalue weighted by atomic mass is 79.9. The summed E-state index contributed by atoms with van der Waals surface area (Å²) in [6.45, 7) is 2.91. The standard InChI is InChI=1S/C33H36NO6S2.BrH/c1-3-38-31(35)21-39-27-13-10-23-16-22(8-9-24(23)17-27)20-34(2)25-11-12-26(34)19-28(18-25)40-32(36)33(37,29-6-4-14-41-29)30-7-5-15-42-30;/h4-10,13-17,25-26,28,37H,3,11-12,18-21H2,1-2H3;1H/q+1;/p-1/t25-,26+,28-,34?;. The molecule has 4 heterocycles. The molecule has 2 aromatic heterocycles. The molecule has 2 aromatic carbocycles. The lowest BCUT2D eigenvalue weighted by Gasteiger charge is -2.47. The number of thiophene rings is 2. The molecule has 4 aromatic rings. The number of benzene rings is 2. The summed E-state index contributed by atoms with van der Waals surface area (Å²) in [7, 11) is 2.34. The van der Waals surface area contributed by atoms with Gasteiger partial charge in [-0.15, -0.1) is 22.7 Å². The maximum absolute atomic E-state index is 13.6. The van der Waals surface area contributed by atoms with E-state index >= 15 is 0 Å². The zero-order chi connectivity index (χ0) is 29.3. The van der Waals surface area contributed by atoms with Crippen LogP contribution < -0.4 is 21.7 Å². The summed E-state index contributed by atoms with van der Waals surface area (Å²) in [6, 6.07) is 20.4. The van der Waals surface area contributed by atoms with Crippen LogP contribution in [0.3, 0.4) is 0 Å². The van der Waals surface area contributed by atoms with E-state index in [9.17, 15) is 14.7 Å². The maximum Gasteiger partial charge on any atom is 0.349 e. The number of quaternary nitrogens is 1. The number of ether oxygens (including phenoxy) is 3. The molecule has 1 unspecified atom stereocenters. The monoisotopic (exact) mass is 685 g/mol. The summed E-state index contributed by atoms with van der Waals surface area (Å²) < 4.78 is 17.6. The Bertz CT molecular complexity index is 1510. The number of fused-ring (bicyclic) bond motifs is 3. The van der Waals surface area contributed by atoms with Crippen LogP contribution in [0.4, 0.5) is 0 Å². The Labute approximate surface area is 270 Å².